The first-order valence-electron chi connectivity index (χ1n) is 5.76. The van der Waals surface area contributed by atoms with Gasteiger partial charge in [0.25, 0.3) is 0 Å². The average molecular weight is 252 g/mol. The molecule has 0 radical (unpaired) electrons. The third-order valence-corrected chi connectivity index (χ3v) is 2.67. The van der Waals surface area contributed by atoms with Crippen molar-refractivity contribution in [2.24, 2.45) is 10.9 Å². The maximum atomic E-state index is 8.61. The van der Waals surface area contributed by atoms with E-state index in [0.717, 1.165) is 11.1 Å². The van der Waals surface area contributed by atoms with Crippen molar-refractivity contribution < 1.29 is 14.7 Å². The molecule has 0 bridgehead atoms. The van der Waals surface area contributed by atoms with E-state index in [1.807, 2.05) is 32.0 Å². The van der Waals surface area contributed by atoms with Gasteiger partial charge in [0.15, 0.2) is 5.84 Å². The van der Waals surface area contributed by atoms with Crippen LogP contribution in [0.1, 0.15) is 23.6 Å². The van der Waals surface area contributed by atoms with Crippen LogP contribution >= 0.6 is 0 Å². The van der Waals surface area contributed by atoms with Crippen LogP contribution in [0, 0.1) is 6.92 Å². The molecule has 1 aromatic rings. The van der Waals surface area contributed by atoms with Crippen molar-refractivity contribution in [2.45, 2.75) is 26.6 Å². The van der Waals surface area contributed by atoms with E-state index in [1.54, 1.807) is 7.11 Å². The Morgan fingerprint density at radius 3 is 2.78 bits per heavy atom. The lowest BCUT2D eigenvalue weighted by atomic mass is 10.1. The third-order valence-electron chi connectivity index (χ3n) is 2.67. The number of hydrogen-bond acceptors (Lipinski definition) is 4. The highest BCUT2D eigenvalue weighted by molar-refractivity contribution is 5.97. The molecule has 0 saturated heterocycles. The first-order valence-corrected chi connectivity index (χ1v) is 5.76. The maximum Gasteiger partial charge on any atom is 0.170 e. The number of aryl methyl sites for hydroxylation is 1. The van der Waals surface area contributed by atoms with E-state index in [2.05, 4.69) is 5.16 Å². The van der Waals surface area contributed by atoms with Gasteiger partial charge in [0.2, 0.25) is 0 Å². The minimum atomic E-state index is 0.0538. The van der Waals surface area contributed by atoms with Gasteiger partial charge in [0.1, 0.15) is 0 Å². The van der Waals surface area contributed by atoms with Gasteiger partial charge in [-0.2, -0.15) is 0 Å². The highest BCUT2D eigenvalue weighted by atomic mass is 16.5. The Kier molecular flexibility index (Phi) is 5.61. The number of methoxy groups -OCH3 is 1. The molecular weight excluding hydrogens is 232 g/mol. The zero-order chi connectivity index (χ0) is 13.5. The number of amidine groups is 1. The van der Waals surface area contributed by atoms with E-state index >= 15 is 0 Å². The topological polar surface area (TPSA) is 77.1 Å². The molecule has 1 atom stereocenters. The van der Waals surface area contributed by atoms with Gasteiger partial charge >= 0.3 is 0 Å². The highest BCUT2D eigenvalue weighted by Gasteiger charge is 2.06. The molecule has 0 saturated carbocycles. The summed E-state index contributed by atoms with van der Waals surface area (Å²) in [5, 5.41) is 11.6. The maximum absolute atomic E-state index is 8.61. The Labute approximate surface area is 107 Å². The molecule has 0 spiro atoms. The summed E-state index contributed by atoms with van der Waals surface area (Å²) in [6.45, 7) is 5.02. The van der Waals surface area contributed by atoms with E-state index in [4.69, 9.17) is 20.4 Å². The van der Waals surface area contributed by atoms with Crippen LogP contribution < -0.4 is 5.73 Å². The van der Waals surface area contributed by atoms with Crippen LogP contribution in [0.4, 0.5) is 0 Å². The van der Waals surface area contributed by atoms with Gasteiger partial charge < -0.3 is 20.4 Å². The monoisotopic (exact) mass is 252 g/mol. The van der Waals surface area contributed by atoms with E-state index < -0.39 is 0 Å². The van der Waals surface area contributed by atoms with Crippen molar-refractivity contribution >= 4 is 5.84 Å². The second-order valence-corrected chi connectivity index (χ2v) is 4.20. The van der Waals surface area contributed by atoms with Crippen molar-refractivity contribution in [2.75, 3.05) is 13.7 Å². The zero-order valence-corrected chi connectivity index (χ0v) is 11.0. The predicted octanol–water partition coefficient (Wildman–Crippen LogP) is 1.64. The van der Waals surface area contributed by atoms with Gasteiger partial charge in [0.05, 0.1) is 19.3 Å². The lowest BCUT2D eigenvalue weighted by Crippen LogP contribution is -2.16. The summed E-state index contributed by atoms with van der Waals surface area (Å²) >= 11 is 0. The lowest BCUT2D eigenvalue weighted by Gasteiger charge is -2.13. The molecule has 0 heterocycles. The van der Waals surface area contributed by atoms with E-state index in [1.165, 1.54) is 0 Å². The molecule has 1 unspecified atom stereocenters. The standard InChI is InChI=1S/C13H20N2O3/c1-9-6-11(13(14)15-16)4-5-12(9)8-18-10(2)7-17-3/h4-6,10,16H,7-8H2,1-3H3,(H2,14,15). The van der Waals surface area contributed by atoms with Gasteiger partial charge in [0, 0.05) is 12.7 Å². The van der Waals surface area contributed by atoms with Gasteiger partial charge in [-0.1, -0.05) is 17.3 Å². The predicted molar refractivity (Wildman–Crippen MR) is 69.8 cm³/mol. The molecular formula is C13H20N2O3. The molecule has 5 heteroatoms. The van der Waals surface area contributed by atoms with Crippen LogP contribution in [0.5, 0.6) is 0 Å². The van der Waals surface area contributed by atoms with Gasteiger partial charge in [-0.3, -0.25) is 0 Å². The fraction of sp³-hybridized carbons (Fsp3) is 0.462. The van der Waals surface area contributed by atoms with Crippen LogP contribution in [0.15, 0.2) is 23.4 Å². The molecule has 3 N–H and O–H groups in total. The summed E-state index contributed by atoms with van der Waals surface area (Å²) in [6, 6.07) is 5.60. The Bertz CT molecular complexity index is 419. The Balaban J connectivity index is 2.68. The number of nitrogens with zero attached hydrogens (tertiary/aromatic N) is 1. The van der Waals surface area contributed by atoms with Crippen molar-refractivity contribution in [1.29, 1.82) is 0 Å². The normalized spacial score (nSPS) is 13.6. The average Bonchev–Trinajstić information content (AvgIpc) is 2.36. The number of nitrogens with two attached hydrogens (primary N) is 1. The van der Waals surface area contributed by atoms with Crippen molar-refractivity contribution in [1.82, 2.24) is 0 Å². The van der Waals surface area contributed by atoms with Crippen LogP contribution in [0.3, 0.4) is 0 Å². The molecule has 5 nitrogen and oxygen atoms in total. The van der Waals surface area contributed by atoms with Crippen LogP contribution in [0.2, 0.25) is 0 Å². The molecule has 0 amide bonds. The smallest absolute Gasteiger partial charge is 0.170 e. The molecule has 0 fully saturated rings. The molecule has 0 aliphatic heterocycles. The molecule has 1 aromatic carbocycles. The number of benzene rings is 1. The minimum Gasteiger partial charge on any atom is -0.409 e. The molecule has 18 heavy (non-hydrogen) atoms. The SMILES string of the molecule is COCC(C)OCc1ccc(/C(N)=N/O)cc1C. The number of hydrogen-bond donors (Lipinski definition) is 2. The van der Waals surface area contributed by atoms with Crippen molar-refractivity contribution in [3.63, 3.8) is 0 Å². The quantitative estimate of drug-likeness (QED) is 0.349. The number of rotatable bonds is 6. The first-order chi connectivity index (χ1) is 8.58. The Hall–Kier alpha value is -1.59. The summed E-state index contributed by atoms with van der Waals surface area (Å²) in [7, 11) is 1.65. The first kappa shape index (κ1) is 14.5. The molecule has 100 valence electrons. The van der Waals surface area contributed by atoms with E-state index in [0.29, 0.717) is 18.8 Å². The van der Waals surface area contributed by atoms with Crippen LogP contribution in [0.25, 0.3) is 0 Å². The van der Waals surface area contributed by atoms with Gasteiger partial charge in [-0.05, 0) is 31.0 Å². The van der Waals surface area contributed by atoms with E-state index in [9.17, 15) is 0 Å². The summed E-state index contributed by atoms with van der Waals surface area (Å²) in [4.78, 5) is 0. The summed E-state index contributed by atoms with van der Waals surface area (Å²) in [5.74, 6) is 0.110. The van der Waals surface area contributed by atoms with E-state index in [-0.39, 0.29) is 11.9 Å². The number of oxime groups is 1. The molecule has 1 rings (SSSR count). The third kappa shape index (κ3) is 4.01. The molecule has 0 aromatic heterocycles. The van der Waals surface area contributed by atoms with Crippen molar-refractivity contribution in [3.05, 3.63) is 34.9 Å². The summed E-state index contributed by atoms with van der Waals surface area (Å²) in [6.07, 6.45) is 0.0538. The minimum absolute atomic E-state index is 0.0538. The summed E-state index contributed by atoms with van der Waals surface area (Å²) < 4.78 is 10.6. The van der Waals surface area contributed by atoms with Crippen LogP contribution in [-0.4, -0.2) is 30.9 Å². The van der Waals surface area contributed by atoms with Gasteiger partial charge in [-0.25, -0.2) is 0 Å². The number of ether oxygens (including phenoxy) is 2. The molecule has 0 aliphatic rings. The second kappa shape index (κ2) is 6.98. The van der Waals surface area contributed by atoms with Crippen molar-refractivity contribution in [3.8, 4) is 0 Å². The highest BCUT2D eigenvalue weighted by Crippen LogP contribution is 2.13. The second-order valence-electron chi connectivity index (χ2n) is 4.20. The lowest BCUT2D eigenvalue weighted by molar-refractivity contribution is -0.000296. The zero-order valence-electron chi connectivity index (χ0n) is 11.0. The summed E-state index contributed by atoms with van der Waals surface area (Å²) in [5.41, 5.74) is 8.35. The largest absolute Gasteiger partial charge is 0.409 e. The fourth-order valence-corrected chi connectivity index (χ4v) is 1.59. The van der Waals surface area contributed by atoms with Crippen LogP contribution in [-0.2, 0) is 16.1 Å². The van der Waals surface area contributed by atoms with Gasteiger partial charge in [-0.15, -0.1) is 0 Å². The Morgan fingerprint density at radius 1 is 1.50 bits per heavy atom. The Morgan fingerprint density at radius 2 is 2.22 bits per heavy atom. The molecule has 0 aliphatic carbocycles. The fourth-order valence-electron chi connectivity index (χ4n) is 1.59.